The van der Waals surface area contributed by atoms with Crippen LogP contribution < -0.4 is 20.3 Å². The molecular formula is C24H31IN4O2. The number of hydrogen-bond acceptors (Lipinski definition) is 3. The molecule has 1 saturated carbocycles. The van der Waals surface area contributed by atoms with E-state index in [1.54, 1.807) is 7.05 Å². The molecule has 0 radical (unpaired) electrons. The van der Waals surface area contributed by atoms with Crippen molar-refractivity contribution in [1.82, 2.24) is 10.6 Å². The Kier molecular flexibility index (Phi) is 8.57. The zero-order valence-electron chi connectivity index (χ0n) is 18.0. The third kappa shape index (κ3) is 6.12. The summed E-state index contributed by atoms with van der Waals surface area (Å²) < 4.78 is 6.11. The van der Waals surface area contributed by atoms with Gasteiger partial charge in [0.2, 0.25) is 5.91 Å². The number of para-hydroxylation sites is 1. The predicted molar refractivity (Wildman–Crippen MR) is 135 cm³/mol. The van der Waals surface area contributed by atoms with E-state index < -0.39 is 0 Å². The molecule has 1 heterocycles. The fourth-order valence-corrected chi connectivity index (χ4v) is 3.73. The number of ether oxygens (including phenoxy) is 1. The predicted octanol–water partition coefficient (Wildman–Crippen LogP) is 4.23. The van der Waals surface area contributed by atoms with Gasteiger partial charge in [-0.25, -0.2) is 0 Å². The van der Waals surface area contributed by atoms with Crippen LogP contribution in [0.15, 0.2) is 53.5 Å². The van der Waals surface area contributed by atoms with Crippen molar-refractivity contribution in [3.05, 3.63) is 59.7 Å². The van der Waals surface area contributed by atoms with E-state index >= 15 is 0 Å². The summed E-state index contributed by atoms with van der Waals surface area (Å²) in [6, 6.07) is 16.3. The number of carbonyl (C=O) groups excluding carboxylic acids is 1. The highest BCUT2D eigenvalue weighted by molar-refractivity contribution is 14.0. The van der Waals surface area contributed by atoms with Crippen LogP contribution in [0.4, 0.5) is 5.69 Å². The summed E-state index contributed by atoms with van der Waals surface area (Å²) in [7, 11) is 1.77. The Hall–Kier alpha value is -2.29. The lowest BCUT2D eigenvalue weighted by Crippen LogP contribution is -2.36. The number of aliphatic imine (C=N–C) groups is 1. The minimum absolute atomic E-state index is 0. The lowest BCUT2D eigenvalue weighted by atomic mass is 9.96. The minimum Gasteiger partial charge on any atom is -0.490 e. The maximum atomic E-state index is 11.9. The fourth-order valence-electron chi connectivity index (χ4n) is 3.73. The molecule has 0 spiro atoms. The Morgan fingerprint density at radius 1 is 1.06 bits per heavy atom. The molecule has 31 heavy (non-hydrogen) atoms. The van der Waals surface area contributed by atoms with E-state index in [1.807, 2.05) is 35.2 Å². The average Bonchev–Trinajstić information content (AvgIpc) is 3.18. The number of nitrogens with one attached hydrogen (secondary N) is 2. The molecule has 2 aromatic rings. The zero-order chi connectivity index (χ0) is 20.8. The smallest absolute Gasteiger partial charge is 0.227 e. The highest BCUT2D eigenvalue weighted by atomic mass is 127. The van der Waals surface area contributed by atoms with E-state index in [4.69, 9.17) is 4.74 Å². The number of amides is 1. The highest BCUT2D eigenvalue weighted by Crippen LogP contribution is 2.27. The van der Waals surface area contributed by atoms with Crippen LogP contribution in [0.3, 0.4) is 0 Å². The molecule has 0 unspecified atom stereocenters. The first-order valence-electron chi connectivity index (χ1n) is 10.8. The van der Waals surface area contributed by atoms with Crippen molar-refractivity contribution in [1.29, 1.82) is 0 Å². The molecule has 1 aliphatic heterocycles. The van der Waals surface area contributed by atoms with Crippen molar-refractivity contribution < 1.29 is 9.53 Å². The molecule has 1 aliphatic carbocycles. The molecule has 1 saturated heterocycles. The van der Waals surface area contributed by atoms with Gasteiger partial charge in [0.15, 0.2) is 5.96 Å². The third-order valence-corrected chi connectivity index (χ3v) is 5.77. The molecule has 2 aromatic carbocycles. The van der Waals surface area contributed by atoms with Gasteiger partial charge in [-0.05, 0) is 49.4 Å². The van der Waals surface area contributed by atoms with Crippen LogP contribution in [0.1, 0.15) is 43.2 Å². The van der Waals surface area contributed by atoms with Crippen molar-refractivity contribution in [3.8, 4) is 5.75 Å². The number of benzene rings is 2. The molecule has 0 bridgehead atoms. The minimum atomic E-state index is 0. The lowest BCUT2D eigenvalue weighted by molar-refractivity contribution is -0.117. The van der Waals surface area contributed by atoms with E-state index in [0.29, 0.717) is 25.6 Å². The van der Waals surface area contributed by atoms with Crippen molar-refractivity contribution in [2.24, 2.45) is 4.99 Å². The maximum absolute atomic E-state index is 11.9. The Morgan fingerprint density at radius 3 is 2.45 bits per heavy atom. The Bertz CT molecular complexity index is 897. The van der Waals surface area contributed by atoms with Gasteiger partial charge in [0.25, 0.3) is 0 Å². The monoisotopic (exact) mass is 534 g/mol. The average molecular weight is 534 g/mol. The zero-order valence-corrected chi connectivity index (χ0v) is 20.3. The summed E-state index contributed by atoms with van der Waals surface area (Å²) in [5.41, 5.74) is 3.25. The van der Waals surface area contributed by atoms with E-state index in [0.717, 1.165) is 54.3 Å². The first kappa shape index (κ1) is 23.4. The molecule has 0 aromatic heterocycles. The van der Waals surface area contributed by atoms with Gasteiger partial charge in [0.1, 0.15) is 5.75 Å². The summed E-state index contributed by atoms with van der Waals surface area (Å²) in [4.78, 5) is 18.1. The normalized spacial score (nSPS) is 16.5. The molecular weight excluding hydrogens is 503 g/mol. The highest BCUT2D eigenvalue weighted by Gasteiger charge is 2.21. The number of guanidine groups is 1. The van der Waals surface area contributed by atoms with Gasteiger partial charge in [0.05, 0.1) is 6.10 Å². The molecule has 0 atom stereocenters. The Balaban J connectivity index is 0.00000272. The van der Waals surface area contributed by atoms with Gasteiger partial charge in [0, 0.05) is 44.4 Å². The number of halogens is 1. The van der Waals surface area contributed by atoms with Crippen LogP contribution in [0, 0.1) is 0 Å². The number of anilines is 1. The fraction of sp³-hybridized carbons (Fsp3) is 0.417. The second kappa shape index (κ2) is 11.4. The van der Waals surface area contributed by atoms with E-state index in [-0.39, 0.29) is 29.9 Å². The Labute approximate surface area is 201 Å². The third-order valence-electron chi connectivity index (χ3n) is 5.77. The van der Waals surface area contributed by atoms with Gasteiger partial charge in [-0.2, -0.15) is 0 Å². The van der Waals surface area contributed by atoms with E-state index in [2.05, 4.69) is 33.8 Å². The summed E-state index contributed by atoms with van der Waals surface area (Å²) in [6.45, 7) is 2.13. The summed E-state index contributed by atoms with van der Waals surface area (Å²) >= 11 is 0. The second-order valence-corrected chi connectivity index (χ2v) is 7.87. The lowest BCUT2D eigenvalue weighted by Gasteiger charge is -2.27. The van der Waals surface area contributed by atoms with Gasteiger partial charge < -0.3 is 20.3 Å². The molecule has 1 amide bonds. The quantitative estimate of drug-likeness (QED) is 0.317. The van der Waals surface area contributed by atoms with Gasteiger partial charge in [-0.1, -0.05) is 30.3 Å². The van der Waals surface area contributed by atoms with Crippen LogP contribution in [-0.4, -0.2) is 31.6 Å². The first-order valence-corrected chi connectivity index (χ1v) is 10.8. The molecule has 2 N–H and O–H groups in total. The van der Waals surface area contributed by atoms with Crippen molar-refractivity contribution in [2.45, 2.75) is 51.3 Å². The van der Waals surface area contributed by atoms with E-state index in [1.165, 1.54) is 6.42 Å². The van der Waals surface area contributed by atoms with Crippen LogP contribution in [-0.2, 0) is 17.9 Å². The van der Waals surface area contributed by atoms with Gasteiger partial charge in [-0.3, -0.25) is 9.79 Å². The van der Waals surface area contributed by atoms with Crippen LogP contribution in [0.5, 0.6) is 5.75 Å². The molecule has 2 fully saturated rings. The maximum Gasteiger partial charge on any atom is 0.227 e. The number of rotatable bonds is 7. The SMILES string of the molecule is CN=C(NCc1ccc(N2CCCC2=O)cc1)NCc1ccccc1OC1CCC1.I. The molecule has 2 aliphatic rings. The standard InChI is InChI=1S/C24H30N4O2.HI/c1-25-24(27-17-19-6-2-3-9-22(19)30-21-7-4-8-21)26-16-18-11-13-20(14-12-18)28-15-5-10-23(28)29;/h2-3,6,9,11-14,21H,4-5,7-8,10,15-17H2,1H3,(H2,25,26,27);1H. The first-order chi connectivity index (χ1) is 14.7. The van der Waals surface area contributed by atoms with Gasteiger partial charge >= 0.3 is 0 Å². The topological polar surface area (TPSA) is 66.0 Å². The largest absolute Gasteiger partial charge is 0.490 e. The summed E-state index contributed by atoms with van der Waals surface area (Å²) in [5, 5.41) is 6.73. The molecule has 4 rings (SSSR count). The molecule has 6 nitrogen and oxygen atoms in total. The summed E-state index contributed by atoms with van der Waals surface area (Å²) in [5.74, 6) is 1.91. The molecule has 7 heteroatoms. The molecule has 166 valence electrons. The van der Waals surface area contributed by atoms with Crippen molar-refractivity contribution in [2.75, 3.05) is 18.5 Å². The summed E-state index contributed by atoms with van der Waals surface area (Å²) in [6.07, 6.45) is 5.52. The van der Waals surface area contributed by atoms with E-state index in [9.17, 15) is 4.79 Å². The van der Waals surface area contributed by atoms with Crippen molar-refractivity contribution in [3.63, 3.8) is 0 Å². The van der Waals surface area contributed by atoms with Gasteiger partial charge in [-0.15, -0.1) is 24.0 Å². The number of hydrogen-bond donors (Lipinski definition) is 2. The number of nitrogens with zero attached hydrogens (tertiary/aromatic N) is 2. The van der Waals surface area contributed by atoms with Crippen molar-refractivity contribution >= 4 is 41.5 Å². The van der Waals surface area contributed by atoms with Crippen LogP contribution in [0.25, 0.3) is 0 Å². The second-order valence-electron chi connectivity index (χ2n) is 7.87. The Morgan fingerprint density at radius 2 is 1.81 bits per heavy atom. The van der Waals surface area contributed by atoms with Crippen LogP contribution >= 0.6 is 24.0 Å². The van der Waals surface area contributed by atoms with Crippen LogP contribution in [0.2, 0.25) is 0 Å². The number of carbonyl (C=O) groups is 1.